The van der Waals surface area contributed by atoms with E-state index in [1.165, 1.54) is 18.0 Å². The van der Waals surface area contributed by atoms with Crippen LogP contribution in [-0.4, -0.2) is 16.6 Å². The second kappa shape index (κ2) is 7.00. The normalized spacial score (nSPS) is 10.4. The molecule has 1 aromatic carbocycles. The number of aromatic nitrogens is 1. The number of nitrogens with one attached hydrogen (secondary N) is 1. The fourth-order valence-corrected chi connectivity index (χ4v) is 2.38. The van der Waals surface area contributed by atoms with Crippen LogP contribution in [-0.2, 0) is 4.79 Å². The van der Waals surface area contributed by atoms with Gasteiger partial charge in [0.15, 0.2) is 0 Å². The van der Waals surface area contributed by atoms with E-state index in [1.54, 1.807) is 12.3 Å². The lowest BCUT2D eigenvalue weighted by Gasteiger charge is -2.09. The van der Waals surface area contributed by atoms with Crippen molar-refractivity contribution >= 4 is 29.0 Å². The summed E-state index contributed by atoms with van der Waals surface area (Å²) < 4.78 is 5.10. The average molecular weight is 291 g/mol. The zero-order valence-electron chi connectivity index (χ0n) is 11.3. The number of hydrogen-bond donors (Lipinski definition) is 2. The maximum atomic E-state index is 11.8. The van der Waals surface area contributed by atoms with Crippen molar-refractivity contribution in [2.24, 2.45) is 0 Å². The summed E-state index contributed by atoms with van der Waals surface area (Å²) in [5.41, 5.74) is 8.13. The fraction of sp³-hybridized carbons (Fsp3) is 0.286. The van der Waals surface area contributed by atoms with Gasteiger partial charge in [-0.15, -0.1) is 0 Å². The number of amides is 1. The molecule has 6 heteroatoms. The highest BCUT2D eigenvalue weighted by molar-refractivity contribution is 7.99. The Morgan fingerprint density at radius 3 is 3.10 bits per heavy atom. The van der Waals surface area contributed by atoms with Crippen molar-refractivity contribution in [3.8, 4) is 0 Å². The van der Waals surface area contributed by atoms with E-state index in [1.807, 2.05) is 19.1 Å². The number of rotatable bonds is 6. The van der Waals surface area contributed by atoms with Gasteiger partial charge in [-0.25, -0.2) is 4.98 Å². The minimum Gasteiger partial charge on any atom is -0.440 e. The number of thioether (sulfide) groups is 1. The van der Waals surface area contributed by atoms with Crippen LogP contribution in [0.1, 0.15) is 18.4 Å². The molecule has 3 N–H and O–H groups in total. The molecule has 0 fully saturated rings. The summed E-state index contributed by atoms with van der Waals surface area (Å²) in [6.45, 7) is 1.94. The van der Waals surface area contributed by atoms with Gasteiger partial charge in [-0.3, -0.25) is 4.79 Å². The number of carbonyl (C=O) groups excluding carboxylic acids is 1. The Morgan fingerprint density at radius 1 is 1.50 bits per heavy atom. The molecule has 0 bridgehead atoms. The summed E-state index contributed by atoms with van der Waals surface area (Å²) in [4.78, 5) is 15.8. The Balaban J connectivity index is 1.73. The third-order valence-corrected chi connectivity index (χ3v) is 3.66. The maximum absolute atomic E-state index is 11.8. The Labute approximate surface area is 122 Å². The predicted molar refractivity (Wildman–Crippen MR) is 80.7 cm³/mol. The molecular formula is C14H17N3O2S. The topological polar surface area (TPSA) is 81.1 Å². The molecule has 0 atom stereocenters. The molecular weight excluding hydrogens is 274 g/mol. The Morgan fingerprint density at radius 2 is 2.35 bits per heavy atom. The highest BCUT2D eigenvalue weighted by Crippen LogP contribution is 2.19. The molecule has 0 saturated carbocycles. The number of aryl methyl sites for hydroxylation is 1. The maximum Gasteiger partial charge on any atom is 0.255 e. The summed E-state index contributed by atoms with van der Waals surface area (Å²) in [5.74, 6) is 0.788. The SMILES string of the molecule is Cc1ccc(N)cc1NC(=O)CCCSc1ncco1. The number of benzene rings is 1. The lowest BCUT2D eigenvalue weighted by molar-refractivity contribution is -0.116. The van der Waals surface area contributed by atoms with Crippen LogP contribution in [0, 0.1) is 6.92 Å². The van der Waals surface area contributed by atoms with Crippen molar-refractivity contribution in [2.45, 2.75) is 25.0 Å². The first-order chi connectivity index (χ1) is 9.65. The molecule has 0 saturated heterocycles. The lowest BCUT2D eigenvalue weighted by atomic mass is 10.1. The highest BCUT2D eigenvalue weighted by atomic mass is 32.2. The van der Waals surface area contributed by atoms with E-state index >= 15 is 0 Å². The molecule has 0 aliphatic rings. The van der Waals surface area contributed by atoms with Gasteiger partial charge in [0.1, 0.15) is 6.26 Å². The first kappa shape index (κ1) is 14.5. The summed E-state index contributed by atoms with van der Waals surface area (Å²) in [6, 6.07) is 5.48. The second-order valence-electron chi connectivity index (χ2n) is 4.37. The van der Waals surface area contributed by atoms with Crippen molar-refractivity contribution in [3.05, 3.63) is 36.2 Å². The quantitative estimate of drug-likeness (QED) is 0.485. The number of anilines is 2. The lowest BCUT2D eigenvalue weighted by Crippen LogP contribution is -2.12. The van der Waals surface area contributed by atoms with E-state index in [4.69, 9.17) is 10.2 Å². The van der Waals surface area contributed by atoms with Gasteiger partial charge >= 0.3 is 0 Å². The minimum absolute atomic E-state index is 0.00768. The third kappa shape index (κ3) is 4.31. The van der Waals surface area contributed by atoms with E-state index in [0.717, 1.165) is 23.4 Å². The van der Waals surface area contributed by atoms with Crippen LogP contribution >= 0.6 is 11.8 Å². The van der Waals surface area contributed by atoms with Crippen LogP contribution in [0.5, 0.6) is 0 Å². The monoisotopic (exact) mass is 291 g/mol. The van der Waals surface area contributed by atoms with Crippen LogP contribution in [0.15, 0.2) is 40.3 Å². The van der Waals surface area contributed by atoms with Crippen molar-refractivity contribution in [2.75, 3.05) is 16.8 Å². The molecule has 0 aliphatic carbocycles. The Bertz CT molecular complexity index is 570. The highest BCUT2D eigenvalue weighted by Gasteiger charge is 2.06. The number of oxazole rings is 1. The van der Waals surface area contributed by atoms with Gasteiger partial charge in [-0.2, -0.15) is 0 Å². The molecule has 2 rings (SSSR count). The number of nitrogen functional groups attached to an aromatic ring is 1. The molecule has 0 spiro atoms. The molecule has 1 amide bonds. The van der Waals surface area contributed by atoms with E-state index in [2.05, 4.69) is 10.3 Å². The average Bonchev–Trinajstić information content (AvgIpc) is 2.92. The van der Waals surface area contributed by atoms with E-state index in [-0.39, 0.29) is 5.91 Å². The summed E-state index contributed by atoms with van der Waals surface area (Å²) in [5, 5.41) is 3.51. The standard InChI is InChI=1S/C14H17N3O2S/c1-10-4-5-11(15)9-12(10)17-13(18)3-2-8-20-14-16-6-7-19-14/h4-7,9H,2-3,8,15H2,1H3,(H,17,18). The van der Waals surface area contributed by atoms with Crippen LogP contribution in [0.25, 0.3) is 0 Å². The summed E-state index contributed by atoms with van der Waals surface area (Å²) in [6.07, 6.45) is 4.37. The smallest absolute Gasteiger partial charge is 0.255 e. The first-order valence-corrected chi connectivity index (χ1v) is 7.32. The molecule has 2 aromatic rings. The molecule has 106 valence electrons. The third-order valence-electron chi connectivity index (χ3n) is 2.72. The molecule has 0 aliphatic heterocycles. The zero-order valence-corrected chi connectivity index (χ0v) is 12.1. The zero-order chi connectivity index (χ0) is 14.4. The molecule has 20 heavy (non-hydrogen) atoms. The number of carbonyl (C=O) groups is 1. The Kier molecular flexibility index (Phi) is 5.06. The van der Waals surface area contributed by atoms with Gasteiger partial charge in [0.2, 0.25) is 5.91 Å². The van der Waals surface area contributed by atoms with E-state index < -0.39 is 0 Å². The molecule has 5 nitrogen and oxygen atoms in total. The van der Waals surface area contributed by atoms with Crippen LogP contribution in [0.4, 0.5) is 11.4 Å². The van der Waals surface area contributed by atoms with Crippen LogP contribution < -0.4 is 11.1 Å². The van der Waals surface area contributed by atoms with Gasteiger partial charge < -0.3 is 15.5 Å². The molecule has 0 radical (unpaired) electrons. The van der Waals surface area contributed by atoms with Crippen molar-refractivity contribution in [1.29, 1.82) is 0 Å². The molecule has 1 heterocycles. The van der Waals surface area contributed by atoms with E-state index in [0.29, 0.717) is 17.3 Å². The first-order valence-electron chi connectivity index (χ1n) is 6.33. The van der Waals surface area contributed by atoms with Gasteiger partial charge in [-0.1, -0.05) is 17.8 Å². The summed E-state index contributed by atoms with van der Waals surface area (Å²) >= 11 is 1.50. The molecule has 0 unspecified atom stereocenters. The van der Waals surface area contributed by atoms with Gasteiger partial charge in [-0.05, 0) is 31.0 Å². The van der Waals surface area contributed by atoms with Gasteiger partial charge in [0, 0.05) is 23.5 Å². The van der Waals surface area contributed by atoms with Crippen LogP contribution in [0.2, 0.25) is 0 Å². The number of hydrogen-bond acceptors (Lipinski definition) is 5. The van der Waals surface area contributed by atoms with Crippen LogP contribution in [0.3, 0.4) is 0 Å². The van der Waals surface area contributed by atoms with Gasteiger partial charge in [0.25, 0.3) is 5.22 Å². The Hall–Kier alpha value is -1.95. The fourth-order valence-electron chi connectivity index (χ4n) is 1.66. The second-order valence-corrected chi connectivity index (χ2v) is 5.42. The van der Waals surface area contributed by atoms with Crippen molar-refractivity contribution in [3.63, 3.8) is 0 Å². The molecule has 1 aromatic heterocycles. The minimum atomic E-state index is -0.00768. The van der Waals surface area contributed by atoms with Crippen molar-refractivity contribution in [1.82, 2.24) is 4.98 Å². The number of nitrogens with two attached hydrogens (primary N) is 1. The largest absolute Gasteiger partial charge is 0.440 e. The number of nitrogens with zero attached hydrogens (tertiary/aromatic N) is 1. The van der Waals surface area contributed by atoms with Crippen molar-refractivity contribution < 1.29 is 9.21 Å². The van der Waals surface area contributed by atoms with E-state index in [9.17, 15) is 4.79 Å². The predicted octanol–water partition coefficient (Wildman–Crippen LogP) is 3.08. The summed E-state index contributed by atoms with van der Waals surface area (Å²) in [7, 11) is 0. The van der Waals surface area contributed by atoms with Gasteiger partial charge in [0.05, 0.1) is 6.20 Å².